The summed E-state index contributed by atoms with van der Waals surface area (Å²) in [4.78, 5) is 15.1. The van der Waals surface area contributed by atoms with Crippen molar-refractivity contribution in [2.75, 3.05) is 13.1 Å². The Labute approximate surface area is 253 Å². The molecule has 0 aliphatic carbocycles. The van der Waals surface area contributed by atoms with E-state index in [1.165, 1.54) is 41.2 Å². The van der Waals surface area contributed by atoms with Crippen molar-refractivity contribution in [2.24, 2.45) is 11.0 Å². The second-order valence-electron chi connectivity index (χ2n) is 11.3. The molecule has 0 spiro atoms. The maximum Gasteiger partial charge on any atom is 0.271 e. The Hall–Kier alpha value is -4.74. The maximum atomic E-state index is 12.6. The van der Waals surface area contributed by atoms with E-state index in [0.29, 0.717) is 12.2 Å². The van der Waals surface area contributed by atoms with Crippen molar-refractivity contribution in [3.8, 4) is 5.75 Å². The van der Waals surface area contributed by atoms with Gasteiger partial charge >= 0.3 is 0 Å². The summed E-state index contributed by atoms with van der Waals surface area (Å²) in [5.74, 6) is 1.32. The molecule has 5 aromatic carbocycles. The molecule has 1 aliphatic heterocycles. The highest BCUT2D eigenvalue weighted by Gasteiger charge is 2.19. The molecule has 1 N–H and O–H groups in total. The van der Waals surface area contributed by atoms with Crippen molar-refractivity contribution in [2.45, 2.75) is 32.4 Å². The van der Waals surface area contributed by atoms with E-state index in [-0.39, 0.29) is 5.91 Å². The van der Waals surface area contributed by atoms with Crippen LogP contribution >= 0.6 is 0 Å². The minimum absolute atomic E-state index is 0.222. The van der Waals surface area contributed by atoms with Gasteiger partial charge in [0.25, 0.3) is 5.91 Å². The van der Waals surface area contributed by atoms with Crippen LogP contribution in [0.15, 0.2) is 126 Å². The topological polar surface area (TPSA) is 53.9 Å². The van der Waals surface area contributed by atoms with Gasteiger partial charge in [-0.1, -0.05) is 78.9 Å². The molecule has 5 nitrogen and oxygen atoms in total. The first-order chi connectivity index (χ1) is 21.2. The SMILES string of the molecule is O=C(N/N=C\c1ccc(OCc2ccc3ccccc3c2)cc1)c1ccc(CN2CCC(Cc3ccccc3)CC2)cc1. The second kappa shape index (κ2) is 14.0. The van der Waals surface area contributed by atoms with Crippen LogP contribution in [0.1, 0.15) is 45.5 Å². The molecule has 1 fully saturated rings. The summed E-state index contributed by atoms with van der Waals surface area (Å²) in [5, 5.41) is 6.58. The van der Waals surface area contributed by atoms with Crippen LogP contribution < -0.4 is 10.2 Å². The van der Waals surface area contributed by atoms with Gasteiger partial charge in [0.15, 0.2) is 0 Å². The summed E-state index contributed by atoms with van der Waals surface area (Å²) in [6.45, 7) is 3.65. The van der Waals surface area contributed by atoms with Gasteiger partial charge in [-0.15, -0.1) is 0 Å². The van der Waals surface area contributed by atoms with Gasteiger partial charge in [0.2, 0.25) is 0 Å². The average molecular weight is 568 g/mol. The smallest absolute Gasteiger partial charge is 0.271 e. The summed E-state index contributed by atoms with van der Waals surface area (Å²) in [6.07, 6.45) is 5.27. The predicted octanol–water partition coefficient (Wildman–Crippen LogP) is 7.64. The van der Waals surface area contributed by atoms with Crippen LogP contribution in [0.2, 0.25) is 0 Å². The first-order valence-electron chi connectivity index (χ1n) is 15.1. The monoisotopic (exact) mass is 567 g/mol. The van der Waals surface area contributed by atoms with Gasteiger partial charge in [-0.25, -0.2) is 5.43 Å². The predicted molar refractivity (Wildman–Crippen MR) is 174 cm³/mol. The lowest BCUT2D eigenvalue weighted by Crippen LogP contribution is -2.33. The fourth-order valence-corrected chi connectivity index (χ4v) is 5.69. The number of carbonyl (C=O) groups is 1. The summed E-state index contributed by atoms with van der Waals surface area (Å²) < 4.78 is 5.96. The van der Waals surface area contributed by atoms with E-state index in [9.17, 15) is 4.79 Å². The number of ether oxygens (including phenoxy) is 1. The first kappa shape index (κ1) is 28.4. The highest BCUT2D eigenvalue weighted by molar-refractivity contribution is 5.94. The largest absolute Gasteiger partial charge is 0.489 e. The van der Waals surface area contributed by atoms with Crippen LogP contribution in [0.4, 0.5) is 0 Å². The number of carbonyl (C=O) groups excluding carboxylic acids is 1. The summed E-state index contributed by atoms with van der Waals surface area (Å²) in [5.41, 5.74) is 7.90. The zero-order valence-corrected chi connectivity index (χ0v) is 24.4. The highest BCUT2D eigenvalue weighted by Crippen LogP contribution is 2.23. The number of hydrazone groups is 1. The van der Waals surface area contributed by atoms with Crippen molar-refractivity contribution in [1.29, 1.82) is 0 Å². The zero-order valence-electron chi connectivity index (χ0n) is 24.4. The summed E-state index contributed by atoms with van der Waals surface area (Å²) in [6, 6.07) is 41.0. The molecule has 1 amide bonds. The van der Waals surface area contributed by atoms with Crippen LogP contribution in [0.3, 0.4) is 0 Å². The number of fused-ring (bicyclic) bond motifs is 1. The number of amides is 1. The van der Waals surface area contributed by atoms with Crippen LogP contribution in [-0.2, 0) is 19.6 Å². The van der Waals surface area contributed by atoms with E-state index >= 15 is 0 Å². The molecule has 0 radical (unpaired) electrons. The van der Waals surface area contributed by atoms with Crippen molar-refractivity contribution < 1.29 is 9.53 Å². The van der Waals surface area contributed by atoms with Gasteiger partial charge in [-0.05, 0) is 114 Å². The Morgan fingerprint density at radius 2 is 1.47 bits per heavy atom. The highest BCUT2D eigenvalue weighted by atomic mass is 16.5. The normalized spacial score (nSPS) is 14.2. The molecule has 0 aromatic heterocycles. The molecule has 0 unspecified atom stereocenters. The van der Waals surface area contributed by atoms with Crippen LogP contribution in [0, 0.1) is 5.92 Å². The van der Waals surface area contributed by atoms with Crippen molar-refractivity contribution in [1.82, 2.24) is 10.3 Å². The number of nitrogens with one attached hydrogen (secondary N) is 1. The molecule has 216 valence electrons. The lowest BCUT2D eigenvalue weighted by Gasteiger charge is -2.32. The van der Waals surface area contributed by atoms with Crippen molar-refractivity contribution in [3.63, 3.8) is 0 Å². The van der Waals surface area contributed by atoms with Gasteiger partial charge < -0.3 is 4.74 Å². The lowest BCUT2D eigenvalue weighted by atomic mass is 9.90. The fraction of sp³-hybridized carbons (Fsp3) is 0.211. The van der Waals surface area contributed by atoms with E-state index in [4.69, 9.17) is 4.74 Å². The fourth-order valence-electron chi connectivity index (χ4n) is 5.69. The van der Waals surface area contributed by atoms with Crippen LogP contribution in [-0.4, -0.2) is 30.1 Å². The molecule has 5 heteroatoms. The third kappa shape index (κ3) is 7.97. The molecule has 0 atom stereocenters. The molecule has 0 bridgehead atoms. The number of hydrogen-bond acceptors (Lipinski definition) is 4. The number of rotatable bonds is 10. The molecule has 1 heterocycles. The van der Waals surface area contributed by atoms with Crippen LogP contribution in [0.25, 0.3) is 10.8 Å². The Morgan fingerprint density at radius 3 is 2.23 bits per heavy atom. The van der Waals surface area contributed by atoms with E-state index < -0.39 is 0 Å². The maximum absolute atomic E-state index is 12.6. The van der Waals surface area contributed by atoms with Crippen LogP contribution in [0.5, 0.6) is 5.75 Å². The number of likely N-dealkylation sites (tertiary alicyclic amines) is 1. The second-order valence-corrected chi connectivity index (χ2v) is 11.3. The molecular weight excluding hydrogens is 530 g/mol. The summed E-state index contributed by atoms with van der Waals surface area (Å²) in [7, 11) is 0. The van der Waals surface area contributed by atoms with E-state index in [2.05, 4.69) is 76.1 Å². The Kier molecular flexibility index (Phi) is 9.21. The van der Waals surface area contributed by atoms with Gasteiger partial charge in [-0.3, -0.25) is 9.69 Å². The number of piperidine rings is 1. The Morgan fingerprint density at radius 1 is 0.767 bits per heavy atom. The standard InChI is InChI=1S/C38H37N3O2/c42-38(35-16-10-32(11-17-35)27-41-22-20-30(21-23-41)24-29-6-2-1-3-7-29)40-39-26-31-13-18-37(19-14-31)43-28-33-12-15-34-8-4-5-9-36(34)25-33/h1-19,25-26,30H,20-24,27-28H2,(H,40,42)/b39-26-. The lowest BCUT2D eigenvalue weighted by molar-refractivity contribution is 0.0955. The first-order valence-corrected chi connectivity index (χ1v) is 15.1. The molecule has 43 heavy (non-hydrogen) atoms. The quantitative estimate of drug-likeness (QED) is 0.139. The number of hydrogen-bond donors (Lipinski definition) is 1. The van der Waals surface area contributed by atoms with Gasteiger partial charge in [0.05, 0.1) is 6.21 Å². The Balaban J connectivity index is 0.927. The average Bonchev–Trinajstić information content (AvgIpc) is 3.06. The zero-order chi connectivity index (χ0) is 29.3. The molecular formula is C38H37N3O2. The molecule has 6 rings (SSSR count). The third-order valence-electron chi connectivity index (χ3n) is 8.18. The number of benzene rings is 5. The minimum Gasteiger partial charge on any atom is -0.489 e. The van der Waals surface area contributed by atoms with Crippen molar-refractivity contribution >= 4 is 22.9 Å². The summed E-state index contributed by atoms with van der Waals surface area (Å²) >= 11 is 0. The van der Waals surface area contributed by atoms with E-state index in [1.54, 1.807) is 6.21 Å². The van der Waals surface area contributed by atoms with Gasteiger partial charge in [0.1, 0.15) is 12.4 Å². The number of nitrogens with zero attached hydrogens (tertiary/aromatic N) is 2. The Bertz CT molecular complexity index is 1660. The van der Waals surface area contributed by atoms with E-state index in [0.717, 1.165) is 42.4 Å². The molecule has 1 saturated heterocycles. The molecule has 1 aliphatic rings. The van der Waals surface area contributed by atoms with Gasteiger partial charge in [0, 0.05) is 12.1 Å². The molecule has 5 aromatic rings. The van der Waals surface area contributed by atoms with E-state index in [1.807, 2.05) is 60.7 Å². The van der Waals surface area contributed by atoms with Gasteiger partial charge in [-0.2, -0.15) is 5.10 Å². The van der Waals surface area contributed by atoms with Crippen molar-refractivity contribution in [3.05, 3.63) is 149 Å². The molecule has 0 saturated carbocycles. The third-order valence-corrected chi connectivity index (χ3v) is 8.18. The minimum atomic E-state index is -0.222.